The van der Waals surface area contributed by atoms with Gasteiger partial charge in [0.25, 0.3) is 0 Å². The molecular formula is C13H21ClN2O3S. The highest BCUT2D eigenvalue weighted by molar-refractivity contribution is 7.89. The summed E-state index contributed by atoms with van der Waals surface area (Å²) in [5, 5.41) is 0. The number of aryl methyl sites for hydroxylation is 1. The van der Waals surface area contributed by atoms with Crippen LogP contribution in [0.3, 0.4) is 0 Å². The third-order valence-electron chi connectivity index (χ3n) is 3.75. The van der Waals surface area contributed by atoms with E-state index in [1.165, 1.54) is 4.31 Å². The Morgan fingerprint density at radius 2 is 2.25 bits per heavy atom. The number of sulfonamides is 1. The maximum atomic E-state index is 12.7. The zero-order chi connectivity index (χ0) is 14.8. The van der Waals surface area contributed by atoms with Gasteiger partial charge in [0.05, 0.1) is 12.0 Å². The second-order valence-corrected chi connectivity index (χ2v) is 7.15. The second kappa shape index (κ2) is 6.47. The number of halogens is 1. The highest BCUT2D eigenvalue weighted by atomic mass is 35.5. The lowest BCUT2D eigenvalue weighted by atomic mass is 10.1. The number of methoxy groups -OCH3 is 1. The van der Waals surface area contributed by atoms with Crippen LogP contribution < -0.4 is 0 Å². The first-order valence-electron chi connectivity index (χ1n) is 6.80. The van der Waals surface area contributed by atoms with E-state index in [9.17, 15) is 8.42 Å². The molecule has 2 heterocycles. The zero-order valence-electron chi connectivity index (χ0n) is 11.9. The third-order valence-corrected chi connectivity index (χ3v) is 5.85. The average Bonchev–Trinajstić information content (AvgIpc) is 2.91. The number of hydrogen-bond donors (Lipinski definition) is 0. The predicted molar refractivity (Wildman–Crippen MR) is 78.5 cm³/mol. The SMILES string of the molecule is CCn1cc(S(=O)(=O)N2CCCC(OC)C2)cc1CCl. The molecule has 114 valence electrons. The minimum atomic E-state index is -3.45. The van der Waals surface area contributed by atoms with Crippen LogP contribution in [-0.4, -0.2) is 43.6 Å². The molecule has 0 saturated carbocycles. The molecule has 1 aromatic heterocycles. The van der Waals surface area contributed by atoms with Gasteiger partial charge in [-0.3, -0.25) is 0 Å². The number of nitrogens with zero attached hydrogens (tertiary/aromatic N) is 2. The van der Waals surface area contributed by atoms with Gasteiger partial charge in [-0.2, -0.15) is 4.31 Å². The number of ether oxygens (including phenoxy) is 1. The van der Waals surface area contributed by atoms with Crippen LogP contribution >= 0.6 is 11.6 Å². The van der Waals surface area contributed by atoms with E-state index in [2.05, 4.69) is 0 Å². The zero-order valence-corrected chi connectivity index (χ0v) is 13.5. The lowest BCUT2D eigenvalue weighted by Gasteiger charge is -2.30. The molecule has 20 heavy (non-hydrogen) atoms. The van der Waals surface area contributed by atoms with Crippen molar-refractivity contribution in [1.29, 1.82) is 0 Å². The molecule has 1 fully saturated rings. The Morgan fingerprint density at radius 1 is 1.50 bits per heavy atom. The van der Waals surface area contributed by atoms with Crippen molar-refractivity contribution in [3.05, 3.63) is 18.0 Å². The minimum absolute atomic E-state index is 0.0146. The lowest BCUT2D eigenvalue weighted by Crippen LogP contribution is -2.42. The Labute approximate surface area is 125 Å². The van der Waals surface area contributed by atoms with Gasteiger partial charge in [0.15, 0.2) is 0 Å². The summed E-state index contributed by atoms with van der Waals surface area (Å²) in [6.45, 7) is 3.65. The van der Waals surface area contributed by atoms with Gasteiger partial charge in [0, 0.05) is 38.6 Å². The van der Waals surface area contributed by atoms with Crippen LogP contribution in [0.25, 0.3) is 0 Å². The molecule has 5 nitrogen and oxygen atoms in total. The minimum Gasteiger partial charge on any atom is -0.380 e. The molecule has 2 rings (SSSR count). The Morgan fingerprint density at radius 3 is 2.80 bits per heavy atom. The van der Waals surface area contributed by atoms with Crippen molar-refractivity contribution >= 4 is 21.6 Å². The molecule has 1 aliphatic heterocycles. The quantitative estimate of drug-likeness (QED) is 0.780. The van der Waals surface area contributed by atoms with Gasteiger partial charge in [-0.1, -0.05) is 0 Å². The molecule has 0 amide bonds. The standard InChI is InChI=1S/C13H21ClN2O3S/c1-3-15-10-13(7-11(15)8-14)20(17,18)16-6-4-5-12(9-16)19-2/h7,10,12H,3-6,8-9H2,1-2H3. The maximum absolute atomic E-state index is 12.7. The van der Waals surface area contributed by atoms with Crippen molar-refractivity contribution in [2.75, 3.05) is 20.2 Å². The molecule has 1 unspecified atom stereocenters. The summed E-state index contributed by atoms with van der Waals surface area (Å²) in [4.78, 5) is 0.326. The molecule has 0 bridgehead atoms. The van der Waals surface area contributed by atoms with Crippen LogP contribution in [0.1, 0.15) is 25.5 Å². The fraction of sp³-hybridized carbons (Fsp3) is 0.692. The number of rotatable bonds is 5. The van der Waals surface area contributed by atoms with Gasteiger partial charge in [0.1, 0.15) is 4.90 Å². The summed E-state index contributed by atoms with van der Waals surface area (Å²) < 4.78 is 34.0. The van der Waals surface area contributed by atoms with Crippen LogP contribution in [0.2, 0.25) is 0 Å². The molecule has 0 spiro atoms. The van der Waals surface area contributed by atoms with Crippen molar-refractivity contribution in [2.24, 2.45) is 0 Å². The fourth-order valence-corrected chi connectivity index (χ4v) is 4.34. The fourth-order valence-electron chi connectivity index (χ4n) is 2.54. The Bertz CT molecular complexity index is 534. The monoisotopic (exact) mass is 320 g/mol. The van der Waals surface area contributed by atoms with Crippen LogP contribution in [0.5, 0.6) is 0 Å². The van der Waals surface area contributed by atoms with Gasteiger partial charge < -0.3 is 9.30 Å². The van der Waals surface area contributed by atoms with Gasteiger partial charge in [-0.05, 0) is 25.8 Å². The Balaban J connectivity index is 2.27. The number of alkyl halides is 1. The normalized spacial score (nSPS) is 21.2. The molecule has 0 aliphatic carbocycles. The highest BCUT2D eigenvalue weighted by Gasteiger charge is 2.31. The molecular weight excluding hydrogens is 300 g/mol. The molecule has 1 aliphatic rings. The Hall–Kier alpha value is -0.560. The molecule has 0 N–H and O–H groups in total. The van der Waals surface area contributed by atoms with Crippen molar-refractivity contribution < 1.29 is 13.2 Å². The summed E-state index contributed by atoms with van der Waals surface area (Å²) in [6.07, 6.45) is 3.39. The van der Waals surface area contributed by atoms with E-state index >= 15 is 0 Å². The summed E-state index contributed by atoms with van der Waals surface area (Å²) in [5.74, 6) is 0.310. The highest BCUT2D eigenvalue weighted by Crippen LogP contribution is 2.24. The maximum Gasteiger partial charge on any atom is 0.244 e. The average molecular weight is 321 g/mol. The smallest absolute Gasteiger partial charge is 0.244 e. The number of hydrogen-bond acceptors (Lipinski definition) is 3. The largest absolute Gasteiger partial charge is 0.380 e. The summed E-state index contributed by atoms with van der Waals surface area (Å²) in [7, 11) is -1.83. The Kier molecular flexibility index (Phi) is 5.12. The first-order valence-corrected chi connectivity index (χ1v) is 8.78. The van der Waals surface area contributed by atoms with Crippen molar-refractivity contribution in [2.45, 2.75) is 43.2 Å². The number of piperidine rings is 1. The van der Waals surface area contributed by atoms with E-state index in [1.54, 1.807) is 19.4 Å². The first kappa shape index (κ1) is 15.8. The van der Waals surface area contributed by atoms with E-state index < -0.39 is 10.0 Å². The van der Waals surface area contributed by atoms with Gasteiger partial charge in [-0.15, -0.1) is 11.6 Å². The van der Waals surface area contributed by atoms with E-state index in [-0.39, 0.29) is 6.10 Å². The summed E-state index contributed by atoms with van der Waals surface area (Å²) in [5.41, 5.74) is 0.827. The van der Waals surface area contributed by atoms with Crippen LogP contribution in [0.4, 0.5) is 0 Å². The molecule has 0 radical (unpaired) electrons. The third kappa shape index (κ3) is 3.03. The lowest BCUT2D eigenvalue weighted by molar-refractivity contribution is 0.0572. The van der Waals surface area contributed by atoms with Crippen molar-refractivity contribution in [1.82, 2.24) is 8.87 Å². The topological polar surface area (TPSA) is 51.5 Å². The molecule has 1 saturated heterocycles. The van der Waals surface area contributed by atoms with Crippen molar-refractivity contribution in [3.8, 4) is 0 Å². The van der Waals surface area contributed by atoms with Crippen molar-refractivity contribution in [3.63, 3.8) is 0 Å². The first-order chi connectivity index (χ1) is 9.52. The van der Waals surface area contributed by atoms with Crippen LogP contribution in [-0.2, 0) is 27.2 Å². The van der Waals surface area contributed by atoms with Crippen LogP contribution in [0, 0.1) is 0 Å². The summed E-state index contributed by atoms with van der Waals surface area (Å²) in [6, 6.07) is 1.67. The van der Waals surface area contributed by atoms with Gasteiger partial charge in [0.2, 0.25) is 10.0 Å². The summed E-state index contributed by atoms with van der Waals surface area (Å²) >= 11 is 5.86. The molecule has 0 aromatic carbocycles. The predicted octanol–water partition coefficient (Wildman–Crippen LogP) is 2.05. The van der Waals surface area contributed by atoms with E-state index in [1.807, 2.05) is 11.5 Å². The van der Waals surface area contributed by atoms with E-state index in [4.69, 9.17) is 16.3 Å². The molecule has 1 aromatic rings. The molecule has 7 heteroatoms. The van der Waals surface area contributed by atoms with E-state index in [0.29, 0.717) is 30.4 Å². The van der Waals surface area contributed by atoms with Crippen LogP contribution in [0.15, 0.2) is 17.2 Å². The van der Waals surface area contributed by atoms with E-state index in [0.717, 1.165) is 18.5 Å². The number of aromatic nitrogens is 1. The molecule has 1 atom stereocenters. The second-order valence-electron chi connectivity index (χ2n) is 4.95. The van der Waals surface area contributed by atoms with Gasteiger partial charge >= 0.3 is 0 Å². The van der Waals surface area contributed by atoms with Gasteiger partial charge in [-0.25, -0.2) is 8.42 Å².